The van der Waals surface area contributed by atoms with E-state index in [1.165, 1.54) is 0 Å². The number of carbonyl (C=O) groups excluding carboxylic acids is 3. The van der Waals surface area contributed by atoms with Crippen molar-refractivity contribution in [1.29, 1.82) is 0 Å². The van der Waals surface area contributed by atoms with Gasteiger partial charge in [-0.3, -0.25) is 19.7 Å². The van der Waals surface area contributed by atoms with Crippen molar-refractivity contribution in [2.45, 2.75) is 5.92 Å². The molecular weight excluding hydrogens is 326 g/mol. The first-order valence-corrected chi connectivity index (χ1v) is 8.21. The molecule has 1 atom stereocenters. The van der Waals surface area contributed by atoms with Crippen molar-refractivity contribution in [3.63, 3.8) is 0 Å². The van der Waals surface area contributed by atoms with Gasteiger partial charge in [0.1, 0.15) is 5.92 Å². The van der Waals surface area contributed by atoms with E-state index in [9.17, 15) is 14.4 Å². The summed E-state index contributed by atoms with van der Waals surface area (Å²) in [5.41, 5.74) is 1.32. The maximum Gasteiger partial charge on any atom is 0.257 e. The standard InChI is InChI=1S/C22H17NO3/c24-20(17-12-6-2-7-13-17)19(16-10-4-1-5-11-16)22(26)23-21(25)18-14-8-3-9-15-18/h1-15,19H,(H,23,25,26)/t19-/m0/s1. The maximum atomic E-state index is 12.9. The largest absolute Gasteiger partial charge is 0.293 e. The van der Waals surface area contributed by atoms with Crippen molar-refractivity contribution in [2.24, 2.45) is 0 Å². The van der Waals surface area contributed by atoms with E-state index in [1.54, 1.807) is 91.0 Å². The molecule has 4 nitrogen and oxygen atoms in total. The van der Waals surface area contributed by atoms with Crippen LogP contribution in [0.4, 0.5) is 0 Å². The molecule has 1 N–H and O–H groups in total. The lowest BCUT2D eigenvalue weighted by Gasteiger charge is -2.16. The Labute approximate surface area is 151 Å². The van der Waals surface area contributed by atoms with Crippen molar-refractivity contribution >= 4 is 17.6 Å². The summed E-state index contributed by atoms with van der Waals surface area (Å²) in [6.07, 6.45) is 0. The number of nitrogens with one attached hydrogen (secondary N) is 1. The highest BCUT2D eigenvalue weighted by molar-refractivity contribution is 6.18. The van der Waals surface area contributed by atoms with Crippen LogP contribution in [0.5, 0.6) is 0 Å². The van der Waals surface area contributed by atoms with Crippen LogP contribution in [0.25, 0.3) is 0 Å². The predicted octanol–water partition coefficient (Wildman–Crippen LogP) is 3.61. The van der Waals surface area contributed by atoms with Gasteiger partial charge in [0, 0.05) is 11.1 Å². The van der Waals surface area contributed by atoms with E-state index in [1.807, 2.05) is 0 Å². The van der Waals surface area contributed by atoms with Gasteiger partial charge in [0.05, 0.1) is 0 Å². The number of imide groups is 1. The highest BCUT2D eigenvalue weighted by Crippen LogP contribution is 2.21. The van der Waals surface area contributed by atoms with Crippen LogP contribution in [0.2, 0.25) is 0 Å². The molecule has 4 heteroatoms. The molecule has 26 heavy (non-hydrogen) atoms. The van der Waals surface area contributed by atoms with Gasteiger partial charge >= 0.3 is 0 Å². The molecule has 0 saturated heterocycles. The minimum Gasteiger partial charge on any atom is -0.293 e. The van der Waals surface area contributed by atoms with E-state index >= 15 is 0 Å². The molecule has 0 heterocycles. The highest BCUT2D eigenvalue weighted by Gasteiger charge is 2.30. The van der Waals surface area contributed by atoms with Crippen molar-refractivity contribution in [2.75, 3.05) is 0 Å². The fraction of sp³-hybridized carbons (Fsp3) is 0.0455. The van der Waals surface area contributed by atoms with Crippen LogP contribution in [-0.4, -0.2) is 17.6 Å². The Morgan fingerprint density at radius 3 is 1.62 bits per heavy atom. The summed E-state index contributed by atoms with van der Waals surface area (Å²) in [6, 6.07) is 25.7. The van der Waals surface area contributed by atoms with Crippen LogP contribution < -0.4 is 5.32 Å². The van der Waals surface area contributed by atoms with E-state index in [0.29, 0.717) is 16.7 Å². The number of carbonyl (C=O) groups is 3. The van der Waals surface area contributed by atoms with Gasteiger partial charge in [0.15, 0.2) is 5.78 Å². The Morgan fingerprint density at radius 2 is 1.08 bits per heavy atom. The van der Waals surface area contributed by atoms with Crippen LogP contribution in [0.1, 0.15) is 32.2 Å². The van der Waals surface area contributed by atoms with Gasteiger partial charge in [-0.25, -0.2) is 0 Å². The summed E-state index contributed by atoms with van der Waals surface area (Å²) in [5, 5.41) is 2.35. The fourth-order valence-corrected chi connectivity index (χ4v) is 2.68. The fourth-order valence-electron chi connectivity index (χ4n) is 2.68. The number of hydrogen-bond acceptors (Lipinski definition) is 3. The maximum absolute atomic E-state index is 12.9. The lowest BCUT2D eigenvalue weighted by atomic mass is 9.89. The van der Waals surface area contributed by atoms with Gasteiger partial charge in [-0.15, -0.1) is 0 Å². The van der Waals surface area contributed by atoms with Crippen molar-refractivity contribution in [3.8, 4) is 0 Å². The van der Waals surface area contributed by atoms with Gasteiger partial charge in [-0.2, -0.15) is 0 Å². The molecule has 3 aromatic rings. The molecule has 0 aliphatic rings. The van der Waals surface area contributed by atoms with Crippen molar-refractivity contribution in [1.82, 2.24) is 5.32 Å². The minimum atomic E-state index is -1.09. The Balaban J connectivity index is 1.89. The molecule has 3 aromatic carbocycles. The Bertz CT molecular complexity index is 906. The minimum absolute atomic E-state index is 0.352. The highest BCUT2D eigenvalue weighted by atomic mass is 16.2. The van der Waals surface area contributed by atoms with Crippen LogP contribution in [-0.2, 0) is 4.79 Å². The van der Waals surface area contributed by atoms with Gasteiger partial charge in [0.25, 0.3) is 5.91 Å². The van der Waals surface area contributed by atoms with Crippen LogP contribution in [0.15, 0.2) is 91.0 Å². The number of ketones is 1. The summed E-state index contributed by atoms with van der Waals surface area (Å²) in [7, 11) is 0. The van der Waals surface area contributed by atoms with Crippen molar-refractivity contribution < 1.29 is 14.4 Å². The van der Waals surface area contributed by atoms with Gasteiger partial charge < -0.3 is 0 Å². The Kier molecular flexibility index (Phi) is 5.34. The quantitative estimate of drug-likeness (QED) is 0.568. The van der Waals surface area contributed by atoms with E-state index < -0.39 is 17.7 Å². The Morgan fingerprint density at radius 1 is 0.615 bits per heavy atom. The number of Topliss-reactive ketones (excluding diaryl/α,β-unsaturated/α-hetero) is 1. The van der Waals surface area contributed by atoms with E-state index in [2.05, 4.69) is 5.32 Å². The number of amides is 2. The SMILES string of the molecule is O=C(NC(=O)[C@H](C(=O)c1ccccc1)c1ccccc1)c1ccccc1. The number of rotatable bonds is 5. The summed E-state index contributed by atoms with van der Waals surface area (Å²) < 4.78 is 0. The molecule has 0 bridgehead atoms. The summed E-state index contributed by atoms with van der Waals surface area (Å²) in [5.74, 6) is -2.61. The predicted molar refractivity (Wildman–Crippen MR) is 98.9 cm³/mol. The average Bonchev–Trinajstić information content (AvgIpc) is 2.70. The van der Waals surface area contributed by atoms with Gasteiger partial charge in [-0.1, -0.05) is 78.9 Å². The smallest absolute Gasteiger partial charge is 0.257 e. The van der Waals surface area contributed by atoms with E-state index in [-0.39, 0.29) is 5.78 Å². The number of hydrogen-bond donors (Lipinski definition) is 1. The molecule has 0 aliphatic heterocycles. The monoisotopic (exact) mass is 343 g/mol. The molecule has 0 spiro atoms. The second-order valence-corrected chi connectivity index (χ2v) is 5.76. The molecule has 0 aromatic heterocycles. The third kappa shape index (κ3) is 3.92. The lowest BCUT2D eigenvalue weighted by molar-refractivity contribution is -0.120. The third-order valence-corrected chi connectivity index (χ3v) is 3.99. The zero-order valence-electron chi connectivity index (χ0n) is 14.0. The van der Waals surface area contributed by atoms with Crippen molar-refractivity contribution in [3.05, 3.63) is 108 Å². The van der Waals surface area contributed by atoms with Gasteiger partial charge in [-0.05, 0) is 17.7 Å². The third-order valence-electron chi connectivity index (χ3n) is 3.99. The molecule has 0 unspecified atom stereocenters. The first-order valence-electron chi connectivity index (χ1n) is 8.21. The van der Waals surface area contributed by atoms with E-state index in [0.717, 1.165) is 0 Å². The average molecular weight is 343 g/mol. The van der Waals surface area contributed by atoms with E-state index in [4.69, 9.17) is 0 Å². The molecule has 2 amide bonds. The lowest BCUT2D eigenvalue weighted by Crippen LogP contribution is -2.37. The molecular formula is C22H17NO3. The Hall–Kier alpha value is -3.53. The molecule has 0 radical (unpaired) electrons. The molecule has 0 saturated carbocycles. The van der Waals surface area contributed by atoms with Gasteiger partial charge in [0.2, 0.25) is 5.91 Å². The second-order valence-electron chi connectivity index (χ2n) is 5.76. The first-order chi connectivity index (χ1) is 12.7. The summed E-state index contributed by atoms with van der Waals surface area (Å²) >= 11 is 0. The second kappa shape index (κ2) is 8.03. The summed E-state index contributed by atoms with van der Waals surface area (Å²) in [4.78, 5) is 38.0. The molecule has 128 valence electrons. The van der Waals surface area contributed by atoms with Crippen LogP contribution >= 0.6 is 0 Å². The molecule has 0 aliphatic carbocycles. The molecule has 3 rings (SSSR count). The zero-order chi connectivity index (χ0) is 18.4. The summed E-state index contributed by atoms with van der Waals surface area (Å²) in [6.45, 7) is 0. The first kappa shape index (κ1) is 17.3. The zero-order valence-corrected chi connectivity index (χ0v) is 14.0. The molecule has 0 fully saturated rings. The topological polar surface area (TPSA) is 63.2 Å². The number of benzene rings is 3. The van der Waals surface area contributed by atoms with Crippen LogP contribution in [0, 0.1) is 0 Å². The normalized spacial score (nSPS) is 11.4. The van der Waals surface area contributed by atoms with Crippen LogP contribution in [0.3, 0.4) is 0 Å².